The summed E-state index contributed by atoms with van der Waals surface area (Å²) in [4.78, 5) is 0. The molecule has 0 aliphatic heterocycles. The van der Waals surface area contributed by atoms with Crippen LogP contribution in [0, 0.1) is 0 Å². The summed E-state index contributed by atoms with van der Waals surface area (Å²) in [5, 5.41) is 5.70. The third-order valence-corrected chi connectivity index (χ3v) is 3.05. The Morgan fingerprint density at radius 1 is 1.05 bits per heavy atom. The molecule has 1 atom stereocenters. The van der Waals surface area contributed by atoms with Gasteiger partial charge in [-0.2, -0.15) is 0 Å². The lowest BCUT2D eigenvalue weighted by Crippen LogP contribution is -2.38. The second-order valence-electron chi connectivity index (χ2n) is 4.50. The summed E-state index contributed by atoms with van der Waals surface area (Å²) in [6.07, 6.45) is 0. The minimum atomic E-state index is 0.217. The molecule has 1 unspecified atom stereocenters. The van der Waals surface area contributed by atoms with E-state index < -0.39 is 0 Å². The second-order valence-corrected chi connectivity index (χ2v) is 4.50. The number of fused-ring (bicyclic) bond motifs is 1. The van der Waals surface area contributed by atoms with Crippen molar-refractivity contribution in [1.29, 1.82) is 0 Å². The molecule has 0 bridgehead atoms. The molecular weight excluding hydrogens is 238 g/mol. The van der Waals surface area contributed by atoms with E-state index in [1.54, 1.807) is 7.11 Å². The molecule has 1 N–H and O–H groups in total. The van der Waals surface area contributed by atoms with Crippen molar-refractivity contribution in [2.45, 2.75) is 13.0 Å². The predicted octanol–water partition coefficient (Wildman–Crippen LogP) is 2.84. The van der Waals surface area contributed by atoms with Gasteiger partial charge in [-0.3, -0.25) is 0 Å². The summed E-state index contributed by atoms with van der Waals surface area (Å²) < 4.78 is 11.1. The zero-order chi connectivity index (χ0) is 13.5. The Bertz CT molecular complexity index is 502. The van der Waals surface area contributed by atoms with Crippen molar-refractivity contribution in [1.82, 2.24) is 5.32 Å². The lowest BCUT2D eigenvalue weighted by atomic mass is 10.1. The molecule has 19 heavy (non-hydrogen) atoms. The molecule has 0 aliphatic rings. The second kappa shape index (κ2) is 7.12. The Labute approximate surface area is 114 Å². The van der Waals surface area contributed by atoms with Crippen LogP contribution in [0.3, 0.4) is 0 Å². The van der Waals surface area contributed by atoms with Crippen LogP contribution in [-0.2, 0) is 4.74 Å². The van der Waals surface area contributed by atoms with Crippen LogP contribution < -0.4 is 10.1 Å². The van der Waals surface area contributed by atoms with Gasteiger partial charge in [-0.1, -0.05) is 43.3 Å². The van der Waals surface area contributed by atoms with E-state index in [4.69, 9.17) is 9.47 Å². The highest BCUT2D eigenvalue weighted by atomic mass is 16.5. The fourth-order valence-corrected chi connectivity index (χ4v) is 2.17. The minimum absolute atomic E-state index is 0.217. The van der Waals surface area contributed by atoms with Crippen molar-refractivity contribution in [2.24, 2.45) is 0 Å². The first-order valence-corrected chi connectivity index (χ1v) is 6.68. The summed E-state index contributed by atoms with van der Waals surface area (Å²) in [5.74, 6) is 0.928. The van der Waals surface area contributed by atoms with Gasteiger partial charge in [0.1, 0.15) is 12.4 Å². The minimum Gasteiger partial charge on any atom is -0.491 e. The van der Waals surface area contributed by atoms with Gasteiger partial charge in [0.2, 0.25) is 0 Å². The van der Waals surface area contributed by atoms with E-state index in [0.29, 0.717) is 13.2 Å². The highest BCUT2D eigenvalue weighted by Gasteiger charge is 2.09. The van der Waals surface area contributed by atoms with E-state index in [1.807, 2.05) is 24.3 Å². The van der Waals surface area contributed by atoms with Crippen molar-refractivity contribution in [3.05, 3.63) is 42.5 Å². The molecule has 2 rings (SSSR count). The van der Waals surface area contributed by atoms with Gasteiger partial charge in [-0.05, 0) is 18.0 Å². The molecule has 2 aromatic carbocycles. The lowest BCUT2D eigenvalue weighted by molar-refractivity contribution is 0.137. The maximum Gasteiger partial charge on any atom is 0.127 e. The van der Waals surface area contributed by atoms with Gasteiger partial charge in [-0.25, -0.2) is 0 Å². The topological polar surface area (TPSA) is 30.5 Å². The highest BCUT2D eigenvalue weighted by molar-refractivity contribution is 5.88. The smallest absolute Gasteiger partial charge is 0.127 e. The van der Waals surface area contributed by atoms with Gasteiger partial charge in [0.15, 0.2) is 0 Å². The fourth-order valence-electron chi connectivity index (χ4n) is 2.17. The molecular formula is C16H21NO2. The summed E-state index contributed by atoms with van der Waals surface area (Å²) in [7, 11) is 1.71. The van der Waals surface area contributed by atoms with Crippen molar-refractivity contribution in [3.63, 3.8) is 0 Å². The van der Waals surface area contributed by atoms with E-state index >= 15 is 0 Å². The SMILES string of the molecule is CCNC(COC)COc1cccc2ccccc12. The standard InChI is InChI=1S/C16H21NO2/c1-3-17-14(11-18-2)12-19-16-10-6-8-13-7-4-5-9-15(13)16/h4-10,14,17H,3,11-12H2,1-2H3. The number of likely N-dealkylation sites (N-methyl/N-ethyl adjacent to an activating group) is 1. The number of hydrogen-bond donors (Lipinski definition) is 1. The van der Waals surface area contributed by atoms with Crippen LogP contribution in [0.1, 0.15) is 6.92 Å². The monoisotopic (exact) mass is 259 g/mol. The number of ether oxygens (including phenoxy) is 2. The van der Waals surface area contributed by atoms with Gasteiger partial charge >= 0.3 is 0 Å². The van der Waals surface area contributed by atoms with E-state index in [1.165, 1.54) is 5.39 Å². The van der Waals surface area contributed by atoms with Crippen LogP contribution >= 0.6 is 0 Å². The van der Waals surface area contributed by atoms with Crippen molar-refractivity contribution < 1.29 is 9.47 Å². The molecule has 0 radical (unpaired) electrons. The molecule has 0 heterocycles. The first-order chi connectivity index (χ1) is 9.35. The van der Waals surface area contributed by atoms with Gasteiger partial charge in [0.05, 0.1) is 12.6 Å². The Hall–Kier alpha value is -1.58. The summed E-state index contributed by atoms with van der Waals surface area (Å²) >= 11 is 0. The van der Waals surface area contributed by atoms with Crippen LogP contribution in [0.15, 0.2) is 42.5 Å². The number of methoxy groups -OCH3 is 1. The van der Waals surface area contributed by atoms with Gasteiger partial charge in [0.25, 0.3) is 0 Å². The fraction of sp³-hybridized carbons (Fsp3) is 0.375. The molecule has 0 saturated carbocycles. The predicted molar refractivity (Wildman–Crippen MR) is 78.8 cm³/mol. The van der Waals surface area contributed by atoms with Crippen molar-refractivity contribution >= 4 is 10.8 Å². The Kier molecular flexibility index (Phi) is 5.19. The van der Waals surface area contributed by atoms with Gasteiger partial charge < -0.3 is 14.8 Å². The Morgan fingerprint density at radius 2 is 1.84 bits per heavy atom. The normalized spacial score (nSPS) is 12.5. The number of nitrogens with one attached hydrogen (secondary N) is 1. The molecule has 0 aliphatic carbocycles. The molecule has 0 fully saturated rings. The molecule has 3 heteroatoms. The highest BCUT2D eigenvalue weighted by Crippen LogP contribution is 2.25. The van der Waals surface area contributed by atoms with Gasteiger partial charge in [-0.15, -0.1) is 0 Å². The number of hydrogen-bond acceptors (Lipinski definition) is 3. The molecule has 3 nitrogen and oxygen atoms in total. The molecule has 0 spiro atoms. The van der Waals surface area contributed by atoms with Crippen LogP contribution in [0.4, 0.5) is 0 Å². The van der Waals surface area contributed by atoms with Crippen LogP contribution in [-0.4, -0.2) is 32.9 Å². The number of benzene rings is 2. The number of rotatable bonds is 7. The maximum atomic E-state index is 5.94. The van der Waals surface area contributed by atoms with Gasteiger partial charge in [0, 0.05) is 12.5 Å². The van der Waals surface area contributed by atoms with E-state index in [-0.39, 0.29) is 6.04 Å². The van der Waals surface area contributed by atoms with E-state index in [9.17, 15) is 0 Å². The van der Waals surface area contributed by atoms with Crippen LogP contribution in [0.5, 0.6) is 5.75 Å². The third-order valence-electron chi connectivity index (χ3n) is 3.05. The maximum absolute atomic E-state index is 5.94. The summed E-state index contributed by atoms with van der Waals surface area (Å²) in [6.45, 7) is 4.25. The molecule has 0 amide bonds. The lowest BCUT2D eigenvalue weighted by Gasteiger charge is -2.18. The van der Waals surface area contributed by atoms with Crippen LogP contribution in [0.25, 0.3) is 10.8 Å². The average Bonchev–Trinajstić information content (AvgIpc) is 2.45. The molecule has 0 aromatic heterocycles. The Balaban J connectivity index is 2.08. The van der Waals surface area contributed by atoms with Crippen molar-refractivity contribution in [2.75, 3.05) is 26.9 Å². The third kappa shape index (κ3) is 3.69. The summed E-state index contributed by atoms with van der Waals surface area (Å²) in [5.41, 5.74) is 0. The van der Waals surface area contributed by atoms with Crippen LogP contribution in [0.2, 0.25) is 0 Å². The largest absolute Gasteiger partial charge is 0.491 e. The Morgan fingerprint density at radius 3 is 2.63 bits per heavy atom. The first-order valence-electron chi connectivity index (χ1n) is 6.68. The zero-order valence-electron chi connectivity index (χ0n) is 11.6. The summed E-state index contributed by atoms with van der Waals surface area (Å²) in [6, 6.07) is 14.6. The average molecular weight is 259 g/mol. The van der Waals surface area contributed by atoms with E-state index in [0.717, 1.165) is 17.7 Å². The van der Waals surface area contributed by atoms with Crippen molar-refractivity contribution in [3.8, 4) is 5.75 Å². The zero-order valence-corrected chi connectivity index (χ0v) is 11.6. The molecule has 102 valence electrons. The molecule has 2 aromatic rings. The first kappa shape index (κ1) is 13.8. The quantitative estimate of drug-likeness (QED) is 0.829. The molecule has 0 saturated heterocycles. The van der Waals surface area contributed by atoms with E-state index in [2.05, 4.69) is 30.4 Å².